The number of nitrogens with one attached hydrogen (secondary N) is 1. The van der Waals surface area contributed by atoms with E-state index < -0.39 is 0 Å². The highest BCUT2D eigenvalue weighted by atomic mass is 35.5. The van der Waals surface area contributed by atoms with Gasteiger partial charge in [0.25, 0.3) is 0 Å². The molecular formula is C14H20Cl2N2O. The lowest BCUT2D eigenvalue weighted by Gasteiger charge is -2.14. The van der Waals surface area contributed by atoms with Gasteiger partial charge >= 0.3 is 0 Å². The lowest BCUT2D eigenvalue weighted by atomic mass is 10.1. The molecule has 1 aromatic rings. The summed E-state index contributed by atoms with van der Waals surface area (Å²) >= 11 is 5.96. The van der Waals surface area contributed by atoms with Crippen molar-refractivity contribution in [3.63, 3.8) is 0 Å². The maximum Gasteiger partial charge on any atom is 0.220 e. The average Bonchev–Trinajstić information content (AvgIpc) is 2.69. The first-order valence-corrected chi connectivity index (χ1v) is 6.77. The summed E-state index contributed by atoms with van der Waals surface area (Å²) in [6.45, 7) is 1.92. The number of nitrogens with two attached hydrogens (primary N) is 1. The number of hydrogen-bond donors (Lipinski definition) is 2. The summed E-state index contributed by atoms with van der Waals surface area (Å²) in [5.41, 5.74) is 8.10. The van der Waals surface area contributed by atoms with Crippen LogP contribution in [0.15, 0.2) is 18.2 Å². The molecule has 1 aliphatic rings. The Bertz CT molecular complexity index is 449. The summed E-state index contributed by atoms with van der Waals surface area (Å²) in [4.78, 5) is 11.8. The zero-order valence-electron chi connectivity index (χ0n) is 11.0. The van der Waals surface area contributed by atoms with E-state index in [0.29, 0.717) is 6.42 Å². The van der Waals surface area contributed by atoms with E-state index in [2.05, 4.69) is 5.32 Å². The van der Waals surface area contributed by atoms with E-state index in [0.717, 1.165) is 24.3 Å². The molecule has 3 N–H and O–H groups in total. The van der Waals surface area contributed by atoms with Crippen molar-refractivity contribution >= 4 is 29.9 Å². The SMILES string of the molecule is CC(N)CCC(=O)NC1CCc2cc(Cl)ccc21.Cl. The number of rotatable bonds is 4. The van der Waals surface area contributed by atoms with E-state index in [9.17, 15) is 4.79 Å². The number of halogens is 2. The van der Waals surface area contributed by atoms with Crippen LogP contribution in [-0.2, 0) is 11.2 Å². The highest BCUT2D eigenvalue weighted by molar-refractivity contribution is 6.30. The van der Waals surface area contributed by atoms with Gasteiger partial charge in [-0.25, -0.2) is 0 Å². The van der Waals surface area contributed by atoms with E-state index in [1.165, 1.54) is 11.1 Å². The van der Waals surface area contributed by atoms with Crippen molar-refractivity contribution in [3.8, 4) is 0 Å². The van der Waals surface area contributed by atoms with Gasteiger partial charge in [-0.15, -0.1) is 12.4 Å². The van der Waals surface area contributed by atoms with Crippen molar-refractivity contribution < 1.29 is 4.79 Å². The molecule has 1 aromatic carbocycles. The minimum absolute atomic E-state index is 0. The molecule has 5 heteroatoms. The molecule has 0 saturated heterocycles. The Morgan fingerprint density at radius 2 is 2.32 bits per heavy atom. The monoisotopic (exact) mass is 302 g/mol. The van der Waals surface area contributed by atoms with Gasteiger partial charge in [0.2, 0.25) is 5.91 Å². The summed E-state index contributed by atoms with van der Waals surface area (Å²) in [6.07, 6.45) is 3.16. The molecule has 2 rings (SSSR count). The highest BCUT2D eigenvalue weighted by Crippen LogP contribution is 2.32. The minimum atomic E-state index is 0. The standard InChI is InChI=1S/C14H19ClN2O.ClH/c1-9(16)2-7-14(18)17-13-6-3-10-8-11(15)4-5-12(10)13;/h4-5,8-9,13H,2-3,6-7,16H2,1H3,(H,17,18);1H. The Morgan fingerprint density at radius 3 is 3.00 bits per heavy atom. The Balaban J connectivity index is 0.00000180. The van der Waals surface area contributed by atoms with Crippen molar-refractivity contribution in [1.82, 2.24) is 5.32 Å². The Kier molecular flexibility index (Phi) is 6.11. The number of amides is 1. The summed E-state index contributed by atoms with van der Waals surface area (Å²) in [5, 5.41) is 3.83. The van der Waals surface area contributed by atoms with Crippen LogP contribution in [0.25, 0.3) is 0 Å². The number of benzene rings is 1. The zero-order valence-corrected chi connectivity index (χ0v) is 12.6. The normalized spacial score (nSPS) is 18.4. The van der Waals surface area contributed by atoms with Crippen molar-refractivity contribution in [2.75, 3.05) is 0 Å². The third kappa shape index (κ3) is 4.37. The van der Waals surface area contributed by atoms with Crippen LogP contribution in [0.2, 0.25) is 5.02 Å². The molecule has 1 aliphatic carbocycles. The molecule has 0 spiro atoms. The largest absolute Gasteiger partial charge is 0.349 e. The van der Waals surface area contributed by atoms with Crippen molar-refractivity contribution in [2.24, 2.45) is 5.73 Å². The van der Waals surface area contributed by atoms with Crippen LogP contribution in [0.3, 0.4) is 0 Å². The molecule has 106 valence electrons. The molecular weight excluding hydrogens is 283 g/mol. The molecule has 0 aliphatic heterocycles. The van der Waals surface area contributed by atoms with E-state index in [1.807, 2.05) is 25.1 Å². The van der Waals surface area contributed by atoms with Gasteiger partial charge in [0.05, 0.1) is 6.04 Å². The van der Waals surface area contributed by atoms with E-state index in [-0.39, 0.29) is 30.4 Å². The van der Waals surface area contributed by atoms with Crippen LogP contribution >= 0.6 is 24.0 Å². The van der Waals surface area contributed by atoms with E-state index in [4.69, 9.17) is 17.3 Å². The van der Waals surface area contributed by atoms with Crippen molar-refractivity contribution in [3.05, 3.63) is 34.3 Å². The zero-order chi connectivity index (χ0) is 13.1. The smallest absolute Gasteiger partial charge is 0.220 e. The van der Waals surface area contributed by atoms with Gasteiger partial charge < -0.3 is 11.1 Å². The first-order valence-electron chi connectivity index (χ1n) is 6.39. The molecule has 0 saturated carbocycles. The Hall–Kier alpha value is -0.770. The average molecular weight is 303 g/mol. The fourth-order valence-corrected chi connectivity index (χ4v) is 2.56. The van der Waals surface area contributed by atoms with Gasteiger partial charge in [-0.05, 0) is 49.4 Å². The second-order valence-corrected chi connectivity index (χ2v) is 5.45. The second kappa shape index (κ2) is 7.13. The molecule has 0 radical (unpaired) electrons. The number of hydrogen-bond acceptors (Lipinski definition) is 2. The van der Waals surface area contributed by atoms with Gasteiger partial charge in [0, 0.05) is 17.5 Å². The first kappa shape index (κ1) is 16.3. The number of aryl methyl sites for hydroxylation is 1. The molecule has 19 heavy (non-hydrogen) atoms. The molecule has 1 amide bonds. The Morgan fingerprint density at radius 1 is 1.58 bits per heavy atom. The van der Waals surface area contributed by atoms with Crippen LogP contribution in [0.5, 0.6) is 0 Å². The Labute approximate surface area is 125 Å². The fraction of sp³-hybridized carbons (Fsp3) is 0.500. The molecule has 0 fully saturated rings. The van der Waals surface area contributed by atoms with E-state index in [1.54, 1.807) is 0 Å². The third-order valence-electron chi connectivity index (χ3n) is 3.34. The molecule has 0 bridgehead atoms. The molecule has 0 heterocycles. The van der Waals surface area contributed by atoms with Crippen LogP contribution in [0.1, 0.15) is 43.4 Å². The highest BCUT2D eigenvalue weighted by Gasteiger charge is 2.23. The van der Waals surface area contributed by atoms with Gasteiger partial charge in [-0.1, -0.05) is 17.7 Å². The van der Waals surface area contributed by atoms with Gasteiger partial charge in [-0.2, -0.15) is 0 Å². The summed E-state index contributed by atoms with van der Waals surface area (Å²) in [7, 11) is 0. The predicted octanol–water partition coefficient (Wildman–Crippen LogP) is 2.99. The quantitative estimate of drug-likeness (QED) is 0.898. The maximum atomic E-state index is 11.8. The lowest BCUT2D eigenvalue weighted by molar-refractivity contribution is -0.122. The molecule has 2 unspecified atom stereocenters. The van der Waals surface area contributed by atoms with Gasteiger partial charge in [0.1, 0.15) is 0 Å². The predicted molar refractivity (Wildman–Crippen MR) is 80.8 cm³/mol. The number of carbonyl (C=O) groups is 1. The maximum absolute atomic E-state index is 11.8. The molecule has 0 aromatic heterocycles. The van der Waals surface area contributed by atoms with Crippen molar-refractivity contribution in [2.45, 2.75) is 44.7 Å². The van der Waals surface area contributed by atoms with Crippen LogP contribution in [0.4, 0.5) is 0 Å². The van der Waals surface area contributed by atoms with Crippen LogP contribution in [-0.4, -0.2) is 11.9 Å². The van der Waals surface area contributed by atoms with Gasteiger partial charge in [0.15, 0.2) is 0 Å². The second-order valence-electron chi connectivity index (χ2n) is 5.02. The minimum Gasteiger partial charge on any atom is -0.349 e. The number of carbonyl (C=O) groups excluding carboxylic acids is 1. The summed E-state index contributed by atoms with van der Waals surface area (Å²) in [5.74, 6) is 0.0834. The van der Waals surface area contributed by atoms with Gasteiger partial charge in [-0.3, -0.25) is 4.79 Å². The van der Waals surface area contributed by atoms with Crippen LogP contribution in [0, 0.1) is 0 Å². The number of fused-ring (bicyclic) bond motifs is 1. The molecule has 2 atom stereocenters. The topological polar surface area (TPSA) is 55.1 Å². The third-order valence-corrected chi connectivity index (χ3v) is 3.58. The summed E-state index contributed by atoms with van der Waals surface area (Å²) < 4.78 is 0. The van der Waals surface area contributed by atoms with Crippen LogP contribution < -0.4 is 11.1 Å². The van der Waals surface area contributed by atoms with Crippen molar-refractivity contribution in [1.29, 1.82) is 0 Å². The summed E-state index contributed by atoms with van der Waals surface area (Å²) in [6, 6.07) is 6.10. The molecule has 3 nitrogen and oxygen atoms in total. The first-order chi connectivity index (χ1) is 8.56. The fourth-order valence-electron chi connectivity index (χ4n) is 2.36. The lowest BCUT2D eigenvalue weighted by Crippen LogP contribution is -2.28. The van der Waals surface area contributed by atoms with E-state index >= 15 is 0 Å².